The lowest BCUT2D eigenvalue weighted by Gasteiger charge is -2.13. The molecule has 0 atom stereocenters. The first-order chi connectivity index (χ1) is 9.74. The first kappa shape index (κ1) is 13.4. The van der Waals surface area contributed by atoms with Crippen molar-refractivity contribution >= 4 is 28.5 Å². The van der Waals surface area contributed by atoms with E-state index in [1.54, 1.807) is 16.5 Å². The Balaban J connectivity index is 1.72. The number of hydrogen-bond donors (Lipinski definition) is 1. The number of halogens is 1. The minimum absolute atomic E-state index is 0.250. The molecular formula is C14H18ClN5. The Morgan fingerprint density at radius 3 is 3.05 bits per heavy atom. The molecule has 0 fully saturated rings. The topological polar surface area (TPSA) is 55.6 Å². The maximum atomic E-state index is 5.97. The van der Waals surface area contributed by atoms with Crippen LogP contribution in [0.5, 0.6) is 0 Å². The lowest BCUT2D eigenvalue weighted by molar-refractivity contribution is 0.679. The van der Waals surface area contributed by atoms with E-state index in [-0.39, 0.29) is 5.28 Å². The molecule has 0 saturated carbocycles. The Bertz CT molecular complexity index is 646. The van der Waals surface area contributed by atoms with Gasteiger partial charge in [-0.05, 0) is 43.7 Å². The number of anilines is 1. The molecule has 0 saturated heterocycles. The van der Waals surface area contributed by atoms with Crippen LogP contribution in [0.25, 0.3) is 11.0 Å². The van der Waals surface area contributed by atoms with Crippen molar-refractivity contribution in [3.8, 4) is 0 Å². The van der Waals surface area contributed by atoms with Crippen molar-refractivity contribution in [2.45, 2.75) is 32.1 Å². The van der Waals surface area contributed by atoms with E-state index in [1.807, 2.05) is 7.05 Å². The molecule has 3 rings (SSSR count). The highest BCUT2D eigenvalue weighted by atomic mass is 35.5. The molecule has 1 aliphatic rings. The van der Waals surface area contributed by atoms with Crippen LogP contribution in [0.15, 0.2) is 17.8 Å². The minimum atomic E-state index is 0.250. The highest BCUT2D eigenvalue weighted by molar-refractivity contribution is 6.28. The second kappa shape index (κ2) is 5.79. The van der Waals surface area contributed by atoms with Crippen LogP contribution in [-0.2, 0) is 7.05 Å². The van der Waals surface area contributed by atoms with Gasteiger partial charge in [-0.3, -0.25) is 4.68 Å². The molecule has 2 aromatic rings. The van der Waals surface area contributed by atoms with Crippen molar-refractivity contribution < 1.29 is 0 Å². The third-order valence-corrected chi connectivity index (χ3v) is 3.86. The van der Waals surface area contributed by atoms with Crippen molar-refractivity contribution in [3.05, 3.63) is 23.1 Å². The van der Waals surface area contributed by atoms with Gasteiger partial charge in [0, 0.05) is 13.6 Å². The first-order valence-corrected chi connectivity index (χ1v) is 7.39. The van der Waals surface area contributed by atoms with E-state index in [2.05, 4.69) is 26.5 Å². The van der Waals surface area contributed by atoms with Crippen LogP contribution < -0.4 is 5.32 Å². The van der Waals surface area contributed by atoms with Crippen LogP contribution in [0, 0.1) is 0 Å². The van der Waals surface area contributed by atoms with Crippen LogP contribution in [0.1, 0.15) is 32.1 Å². The molecule has 5 nitrogen and oxygen atoms in total. The predicted molar refractivity (Wildman–Crippen MR) is 81.0 cm³/mol. The van der Waals surface area contributed by atoms with Crippen molar-refractivity contribution in [1.29, 1.82) is 0 Å². The van der Waals surface area contributed by atoms with Crippen LogP contribution in [0.4, 0.5) is 5.82 Å². The summed E-state index contributed by atoms with van der Waals surface area (Å²) < 4.78 is 1.71. The van der Waals surface area contributed by atoms with Gasteiger partial charge in [0.1, 0.15) is 5.82 Å². The number of aryl methyl sites for hydroxylation is 1. The molecule has 2 heterocycles. The quantitative estimate of drug-likeness (QED) is 0.693. The summed E-state index contributed by atoms with van der Waals surface area (Å²) in [5.74, 6) is 0.768. The number of rotatable bonds is 4. The lowest BCUT2D eigenvalue weighted by atomic mass is 9.97. The normalized spacial score (nSPS) is 15.4. The van der Waals surface area contributed by atoms with E-state index in [0.717, 1.165) is 29.8 Å². The summed E-state index contributed by atoms with van der Waals surface area (Å²) in [7, 11) is 1.85. The Morgan fingerprint density at radius 1 is 1.35 bits per heavy atom. The van der Waals surface area contributed by atoms with E-state index in [4.69, 9.17) is 11.6 Å². The van der Waals surface area contributed by atoms with E-state index in [0.29, 0.717) is 0 Å². The van der Waals surface area contributed by atoms with Crippen molar-refractivity contribution in [2.75, 3.05) is 11.9 Å². The van der Waals surface area contributed by atoms with Gasteiger partial charge >= 0.3 is 0 Å². The number of fused-ring (bicyclic) bond motifs is 1. The maximum absolute atomic E-state index is 5.97. The number of nitrogens with one attached hydrogen (secondary N) is 1. The summed E-state index contributed by atoms with van der Waals surface area (Å²) in [4.78, 5) is 8.46. The van der Waals surface area contributed by atoms with Gasteiger partial charge in [0.2, 0.25) is 5.28 Å². The van der Waals surface area contributed by atoms with Crippen LogP contribution in [0.3, 0.4) is 0 Å². The molecule has 1 aliphatic carbocycles. The summed E-state index contributed by atoms with van der Waals surface area (Å²) in [5, 5.41) is 8.72. The monoisotopic (exact) mass is 291 g/mol. The number of allylic oxidation sites excluding steroid dienone is 1. The van der Waals surface area contributed by atoms with E-state index in [1.165, 1.54) is 25.7 Å². The van der Waals surface area contributed by atoms with Crippen molar-refractivity contribution in [2.24, 2.45) is 7.05 Å². The Morgan fingerprint density at radius 2 is 2.25 bits per heavy atom. The Hall–Kier alpha value is -1.62. The number of aromatic nitrogens is 4. The molecule has 0 bridgehead atoms. The largest absolute Gasteiger partial charge is 0.369 e. The molecule has 6 heteroatoms. The summed E-state index contributed by atoms with van der Waals surface area (Å²) in [6.45, 7) is 0.864. The third kappa shape index (κ3) is 2.77. The van der Waals surface area contributed by atoms with Gasteiger partial charge in [-0.2, -0.15) is 15.1 Å². The molecule has 1 N–H and O–H groups in total. The fourth-order valence-corrected chi connectivity index (χ4v) is 2.77. The van der Waals surface area contributed by atoms with Crippen molar-refractivity contribution in [1.82, 2.24) is 19.7 Å². The molecule has 106 valence electrons. The fraction of sp³-hybridized carbons (Fsp3) is 0.500. The standard InChI is InChI=1S/C14H18ClN5/c1-20-13-11(9-17-20)12(18-14(15)19-13)16-8-7-10-5-3-2-4-6-10/h5,9H,2-4,6-8H2,1H3,(H,16,18,19). The Labute approximate surface area is 123 Å². The van der Waals surface area contributed by atoms with Gasteiger partial charge in [-0.25, -0.2) is 0 Å². The number of nitrogens with zero attached hydrogens (tertiary/aromatic N) is 4. The zero-order chi connectivity index (χ0) is 13.9. The van der Waals surface area contributed by atoms with Gasteiger partial charge in [-0.15, -0.1) is 0 Å². The molecule has 2 aromatic heterocycles. The van der Waals surface area contributed by atoms with E-state index >= 15 is 0 Å². The van der Waals surface area contributed by atoms with Crippen LogP contribution in [0.2, 0.25) is 5.28 Å². The molecular weight excluding hydrogens is 274 g/mol. The molecule has 0 amide bonds. The summed E-state index contributed by atoms with van der Waals surface area (Å²) in [6, 6.07) is 0. The minimum Gasteiger partial charge on any atom is -0.369 e. The predicted octanol–water partition coefficient (Wildman–Crippen LogP) is 3.32. The zero-order valence-electron chi connectivity index (χ0n) is 11.6. The molecule has 0 unspecified atom stereocenters. The molecule has 0 radical (unpaired) electrons. The maximum Gasteiger partial charge on any atom is 0.226 e. The summed E-state index contributed by atoms with van der Waals surface area (Å²) in [5.41, 5.74) is 2.30. The molecule has 0 aliphatic heterocycles. The molecule has 0 spiro atoms. The molecule has 20 heavy (non-hydrogen) atoms. The highest BCUT2D eigenvalue weighted by Gasteiger charge is 2.10. The smallest absolute Gasteiger partial charge is 0.226 e. The van der Waals surface area contributed by atoms with Crippen LogP contribution in [-0.4, -0.2) is 26.3 Å². The Kier molecular flexibility index (Phi) is 3.87. The third-order valence-electron chi connectivity index (χ3n) is 3.69. The average molecular weight is 292 g/mol. The van der Waals surface area contributed by atoms with Gasteiger partial charge in [0.15, 0.2) is 5.65 Å². The highest BCUT2D eigenvalue weighted by Crippen LogP contribution is 2.23. The first-order valence-electron chi connectivity index (χ1n) is 7.01. The van der Waals surface area contributed by atoms with E-state index in [9.17, 15) is 0 Å². The lowest BCUT2D eigenvalue weighted by Crippen LogP contribution is -2.07. The SMILES string of the molecule is Cn1ncc2c(NCCC3=CCCCC3)nc(Cl)nc21. The average Bonchev–Trinajstić information content (AvgIpc) is 2.82. The van der Waals surface area contributed by atoms with Gasteiger partial charge in [-0.1, -0.05) is 11.6 Å². The second-order valence-electron chi connectivity index (χ2n) is 5.13. The summed E-state index contributed by atoms with van der Waals surface area (Å²) >= 11 is 5.97. The molecule has 0 aromatic carbocycles. The fourth-order valence-electron chi connectivity index (χ4n) is 2.60. The van der Waals surface area contributed by atoms with Gasteiger partial charge in [0.25, 0.3) is 0 Å². The zero-order valence-corrected chi connectivity index (χ0v) is 12.3. The number of hydrogen-bond acceptors (Lipinski definition) is 4. The van der Waals surface area contributed by atoms with E-state index < -0.39 is 0 Å². The van der Waals surface area contributed by atoms with Gasteiger partial charge < -0.3 is 5.32 Å². The summed E-state index contributed by atoms with van der Waals surface area (Å²) in [6.07, 6.45) is 10.3. The van der Waals surface area contributed by atoms with Gasteiger partial charge in [0.05, 0.1) is 11.6 Å². The van der Waals surface area contributed by atoms with Crippen molar-refractivity contribution in [3.63, 3.8) is 0 Å². The van der Waals surface area contributed by atoms with Crippen LogP contribution >= 0.6 is 11.6 Å². The second-order valence-corrected chi connectivity index (χ2v) is 5.47.